The molecule has 6 heteroatoms. The second-order valence-corrected chi connectivity index (χ2v) is 8.59. The quantitative estimate of drug-likeness (QED) is 0.305. The molecule has 0 aromatic heterocycles. The van der Waals surface area contributed by atoms with Gasteiger partial charge in [-0.2, -0.15) is 0 Å². The summed E-state index contributed by atoms with van der Waals surface area (Å²) in [5.41, 5.74) is 0. The Balaban J connectivity index is 1.72. The van der Waals surface area contributed by atoms with E-state index >= 15 is 0 Å². The molecule has 2 aliphatic rings. The minimum Gasteiger partial charge on any atom is -0.616 e. The molecule has 2 aliphatic heterocycles. The van der Waals surface area contributed by atoms with E-state index in [9.17, 15) is 9.35 Å². The molecular formula is C19H32O5S. The zero-order chi connectivity index (χ0) is 18.1. The molecule has 0 aliphatic carbocycles. The summed E-state index contributed by atoms with van der Waals surface area (Å²) in [4.78, 5) is 10.5. The lowest BCUT2D eigenvalue weighted by Gasteiger charge is -2.27. The lowest BCUT2D eigenvalue weighted by molar-refractivity contribution is -0.137. The Labute approximate surface area is 154 Å². The molecule has 25 heavy (non-hydrogen) atoms. The summed E-state index contributed by atoms with van der Waals surface area (Å²) in [7, 11) is 0. The molecule has 2 rings (SSSR count). The van der Waals surface area contributed by atoms with E-state index in [0.717, 1.165) is 37.9 Å². The first-order valence-electron chi connectivity index (χ1n) is 9.56. The van der Waals surface area contributed by atoms with Gasteiger partial charge in [-0.1, -0.05) is 23.3 Å². The number of carboxylic acid groups (broad SMARTS) is 1. The van der Waals surface area contributed by atoms with E-state index in [1.165, 1.54) is 0 Å². The molecule has 1 unspecified atom stereocenters. The molecule has 5 atom stereocenters. The molecule has 2 fully saturated rings. The molecule has 5 nitrogen and oxygen atoms in total. The Bertz CT molecular complexity index is 428. The normalized spacial score (nSPS) is 29.5. The summed E-state index contributed by atoms with van der Waals surface area (Å²) in [6.45, 7) is 3.38. The summed E-state index contributed by atoms with van der Waals surface area (Å²) in [5, 5.41) is 8.65. The zero-order valence-electron chi connectivity index (χ0n) is 15.2. The van der Waals surface area contributed by atoms with Gasteiger partial charge in [-0.05, 0) is 44.9 Å². The van der Waals surface area contributed by atoms with Crippen molar-refractivity contribution in [3.05, 3.63) is 12.2 Å². The Kier molecular flexibility index (Phi) is 9.31. The molecule has 0 aromatic carbocycles. The van der Waals surface area contributed by atoms with Crippen molar-refractivity contribution in [2.45, 2.75) is 64.1 Å². The first-order chi connectivity index (χ1) is 12.1. The van der Waals surface area contributed by atoms with Crippen molar-refractivity contribution in [2.75, 3.05) is 24.7 Å². The molecule has 0 saturated carbocycles. The highest BCUT2D eigenvalue weighted by Gasteiger charge is 2.49. The smallest absolute Gasteiger partial charge is 0.303 e. The maximum atomic E-state index is 12.4. The number of ether oxygens (including phenoxy) is 2. The number of carboxylic acids is 1. The molecule has 0 spiro atoms. The fourth-order valence-electron chi connectivity index (χ4n) is 3.93. The number of hydrogen-bond donors (Lipinski definition) is 1. The Hall–Kier alpha value is -0.560. The zero-order valence-corrected chi connectivity index (χ0v) is 16.0. The van der Waals surface area contributed by atoms with E-state index < -0.39 is 17.1 Å². The van der Waals surface area contributed by atoms with Crippen molar-refractivity contribution in [1.82, 2.24) is 0 Å². The highest BCUT2D eigenvalue weighted by Crippen LogP contribution is 2.45. The van der Waals surface area contributed by atoms with Crippen LogP contribution in [0.4, 0.5) is 0 Å². The van der Waals surface area contributed by atoms with Crippen LogP contribution in [0.15, 0.2) is 12.2 Å². The maximum absolute atomic E-state index is 12.4. The van der Waals surface area contributed by atoms with Gasteiger partial charge < -0.3 is 19.1 Å². The molecule has 0 aromatic rings. The van der Waals surface area contributed by atoms with Gasteiger partial charge in [0, 0.05) is 25.4 Å². The molecular weight excluding hydrogens is 340 g/mol. The summed E-state index contributed by atoms with van der Waals surface area (Å²) in [6.07, 6.45) is 10.6. The van der Waals surface area contributed by atoms with E-state index in [1.54, 1.807) is 0 Å². The highest BCUT2D eigenvalue weighted by atomic mass is 32.2. The van der Waals surface area contributed by atoms with Crippen LogP contribution in [0.5, 0.6) is 0 Å². The average molecular weight is 373 g/mol. The monoisotopic (exact) mass is 372 g/mol. The summed E-state index contributed by atoms with van der Waals surface area (Å²) < 4.78 is 23.8. The number of unbranched alkanes of at least 4 members (excludes halogenated alkanes) is 1. The lowest BCUT2D eigenvalue weighted by Crippen LogP contribution is -2.33. The van der Waals surface area contributed by atoms with E-state index in [-0.39, 0.29) is 12.5 Å². The first-order valence-corrected chi connectivity index (χ1v) is 11.1. The summed E-state index contributed by atoms with van der Waals surface area (Å²) >= 11 is -0.801. The van der Waals surface area contributed by atoms with Crippen LogP contribution >= 0.6 is 0 Å². The molecule has 2 saturated heterocycles. The first kappa shape index (κ1) is 20.7. The van der Waals surface area contributed by atoms with Gasteiger partial charge in [-0.3, -0.25) is 4.79 Å². The Morgan fingerprint density at radius 1 is 1.28 bits per heavy atom. The highest BCUT2D eigenvalue weighted by molar-refractivity contribution is 7.91. The number of aliphatic carboxylic acids is 1. The molecule has 144 valence electrons. The molecule has 2 heterocycles. The third-order valence-electron chi connectivity index (χ3n) is 5.17. The molecule has 0 amide bonds. The number of hydrogen-bond acceptors (Lipinski definition) is 4. The van der Waals surface area contributed by atoms with Gasteiger partial charge in [0.05, 0.1) is 18.8 Å². The van der Waals surface area contributed by atoms with Gasteiger partial charge in [0.2, 0.25) is 0 Å². The average Bonchev–Trinajstić information content (AvgIpc) is 3.17. The van der Waals surface area contributed by atoms with Crippen LogP contribution in [-0.2, 0) is 25.4 Å². The third kappa shape index (κ3) is 6.93. The SMILES string of the molecule is CCOCCC[S+]([O-])C[C@H]1[C@H](C/C=C\CCCC(=O)O)[C@@H]2CC[C@H]1O2. The lowest BCUT2D eigenvalue weighted by atomic mass is 9.78. The fourth-order valence-corrected chi connectivity index (χ4v) is 5.43. The summed E-state index contributed by atoms with van der Waals surface area (Å²) in [5.74, 6) is 1.58. The number of fused-ring (bicyclic) bond motifs is 2. The van der Waals surface area contributed by atoms with Gasteiger partial charge in [-0.25, -0.2) is 0 Å². The largest absolute Gasteiger partial charge is 0.616 e. The predicted molar refractivity (Wildman–Crippen MR) is 99.1 cm³/mol. The maximum Gasteiger partial charge on any atom is 0.303 e. The second kappa shape index (κ2) is 11.2. The van der Waals surface area contributed by atoms with Crippen molar-refractivity contribution in [1.29, 1.82) is 0 Å². The van der Waals surface area contributed by atoms with Crippen molar-refractivity contribution in [2.24, 2.45) is 11.8 Å². The standard InChI is InChI=1S/C19H32O5S/c1-2-23-12-7-13-25(22)14-16-15(17-10-11-18(16)24-17)8-5-3-4-6-9-19(20)21/h3,5,15-18H,2,4,6-14H2,1H3,(H,20,21)/b5-3-/t15-,16-,17-,18+,25?/m0/s1. The van der Waals surface area contributed by atoms with Crippen molar-refractivity contribution in [3.63, 3.8) is 0 Å². The van der Waals surface area contributed by atoms with Gasteiger partial charge in [0.15, 0.2) is 0 Å². The van der Waals surface area contributed by atoms with Crippen LogP contribution in [-0.4, -0.2) is 52.6 Å². The topological polar surface area (TPSA) is 78.8 Å². The second-order valence-electron chi connectivity index (χ2n) is 6.97. The van der Waals surface area contributed by atoms with E-state index in [4.69, 9.17) is 14.6 Å². The van der Waals surface area contributed by atoms with Gasteiger partial charge in [0.1, 0.15) is 11.5 Å². The minimum atomic E-state index is -0.801. The number of carbonyl (C=O) groups is 1. The Morgan fingerprint density at radius 2 is 2.04 bits per heavy atom. The van der Waals surface area contributed by atoms with Gasteiger partial charge in [-0.15, -0.1) is 0 Å². The van der Waals surface area contributed by atoms with Crippen LogP contribution < -0.4 is 0 Å². The number of allylic oxidation sites excluding steroid dienone is 2. The molecule has 2 bridgehead atoms. The van der Waals surface area contributed by atoms with Crippen LogP contribution in [0.2, 0.25) is 0 Å². The van der Waals surface area contributed by atoms with E-state index in [2.05, 4.69) is 12.2 Å². The molecule has 1 N–H and O–H groups in total. The van der Waals surface area contributed by atoms with Crippen molar-refractivity contribution in [3.8, 4) is 0 Å². The Morgan fingerprint density at radius 3 is 2.76 bits per heavy atom. The van der Waals surface area contributed by atoms with Crippen LogP contribution in [0.25, 0.3) is 0 Å². The molecule has 0 radical (unpaired) electrons. The van der Waals surface area contributed by atoms with Crippen molar-refractivity contribution < 1.29 is 23.9 Å². The van der Waals surface area contributed by atoms with Crippen LogP contribution in [0.1, 0.15) is 51.9 Å². The van der Waals surface area contributed by atoms with Gasteiger partial charge in [0.25, 0.3) is 0 Å². The van der Waals surface area contributed by atoms with Gasteiger partial charge >= 0.3 is 5.97 Å². The van der Waals surface area contributed by atoms with Crippen LogP contribution in [0, 0.1) is 11.8 Å². The van der Waals surface area contributed by atoms with E-state index in [1.807, 2.05) is 6.92 Å². The van der Waals surface area contributed by atoms with Crippen molar-refractivity contribution >= 4 is 17.1 Å². The fraction of sp³-hybridized carbons (Fsp3) is 0.842. The summed E-state index contributed by atoms with van der Waals surface area (Å²) in [6, 6.07) is 0. The van der Waals surface area contributed by atoms with E-state index in [0.29, 0.717) is 43.3 Å². The minimum absolute atomic E-state index is 0.227. The third-order valence-corrected chi connectivity index (χ3v) is 6.67. The van der Waals surface area contributed by atoms with Crippen LogP contribution in [0.3, 0.4) is 0 Å². The number of rotatable bonds is 13. The predicted octanol–water partition coefficient (Wildman–Crippen LogP) is 3.16.